The van der Waals surface area contributed by atoms with E-state index in [9.17, 15) is 19.2 Å². The zero-order chi connectivity index (χ0) is 35.3. The number of Topliss-reactive ketones (excluding diaryl/α,β-unsaturated/α-hetero) is 1. The van der Waals surface area contributed by atoms with Gasteiger partial charge in [0.05, 0.1) is 52.7 Å². The standard InChI is InChI=1S/C38H46N4O8/c1-38(26-50-38)35(44)31(21-27-9-5-3-6-10-27)40-36(45)32(22-28-13-15-30(47-2)16-14-28)41-37(46)33(25-49-24-29-11-7-4-8-12-29)39-34(43)23-42-17-19-48-20-18-42/h3-16,31-33H,17-26H2,1-2H3,(H,39,43)(H,40,45)(H,41,46)/t31-,32-,33-,38+/m0/s1. The fraction of sp³-hybridized carbons (Fsp3) is 0.421. The van der Waals surface area contributed by atoms with Gasteiger partial charge in [-0.15, -0.1) is 0 Å². The van der Waals surface area contributed by atoms with E-state index in [4.69, 9.17) is 18.9 Å². The molecule has 2 heterocycles. The second-order valence-electron chi connectivity index (χ2n) is 12.8. The number of nitrogens with zero attached hydrogens (tertiary/aromatic N) is 1. The first-order valence-corrected chi connectivity index (χ1v) is 16.9. The van der Waals surface area contributed by atoms with Crippen LogP contribution in [-0.4, -0.2) is 105 Å². The van der Waals surface area contributed by atoms with Crippen molar-refractivity contribution in [3.63, 3.8) is 0 Å². The number of hydrogen-bond donors (Lipinski definition) is 3. The topological polar surface area (TPSA) is 148 Å². The van der Waals surface area contributed by atoms with Crippen LogP contribution in [0.2, 0.25) is 0 Å². The maximum atomic E-state index is 14.1. The molecule has 0 radical (unpaired) electrons. The highest BCUT2D eigenvalue weighted by Crippen LogP contribution is 2.29. The van der Waals surface area contributed by atoms with E-state index in [1.54, 1.807) is 26.2 Å². The fourth-order valence-corrected chi connectivity index (χ4v) is 5.68. The van der Waals surface area contributed by atoms with Gasteiger partial charge in [-0.25, -0.2) is 0 Å². The van der Waals surface area contributed by atoms with Crippen molar-refractivity contribution in [2.24, 2.45) is 0 Å². The molecule has 0 aliphatic carbocycles. The Morgan fingerprint density at radius 2 is 1.32 bits per heavy atom. The van der Waals surface area contributed by atoms with Crippen LogP contribution >= 0.6 is 0 Å². The highest BCUT2D eigenvalue weighted by atomic mass is 16.6. The summed E-state index contributed by atoms with van der Waals surface area (Å²) in [5, 5.41) is 8.59. The third kappa shape index (κ3) is 10.9. The molecule has 0 aromatic heterocycles. The summed E-state index contributed by atoms with van der Waals surface area (Å²) in [6.45, 7) is 4.42. The van der Waals surface area contributed by atoms with Crippen molar-refractivity contribution in [3.05, 3.63) is 102 Å². The number of benzene rings is 3. The molecule has 3 aromatic rings. The number of nitrogens with one attached hydrogen (secondary N) is 3. The molecule has 0 unspecified atom stereocenters. The number of hydrogen-bond acceptors (Lipinski definition) is 9. The number of rotatable bonds is 18. The fourth-order valence-electron chi connectivity index (χ4n) is 5.68. The van der Waals surface area contributed by atoms with E-state index >= 15 is 0 Å². The molecule has 0 bridgehead atoms. The van der Waals surface area contributed by atoms with E-state index in [0.29, 0.717) is 32.1 Å². The molecule has 12 nitrogen and oxygen atoms in total. The normalized spacial score (nSPS) is 19.0. The van der Waals surface area contributed by atoms with Crippen molar-refractivity contribution < 1.29 is 38.1 Å². The van der Waals surface area contributed by atoms with Crippen molar-refractivity contribution in [2.45, 2.75) is 50.1 Å². The summed E-state index contributed by atoms with van der Waals surface area (Å²) in [7, 11) is 1.56. The lowest BCUT2D eigenvalue weighted by molar-refractivity contribution is -0.135. The maximum absolute atomic E-state index is 14.1. The van der Waals surface area contributed by atoms with Gasteiger partial charge in [-0.2, -0.15) is 0 Å². The van der Waals surface area contributed by atoms with E-state index in [-0.39, 0.29) is 50.9 Å². The smallest absolute Gasteiger partial charge is 0.245 e. The molecule has 2 fully saturated rings. The van der Waals surface area contributed by atoms with Crippen LogP contribution in [0.25, 0.3) is 0 Å². The Bertz CT molecular complexity index is 1560. The minimum atomic E-state index is -1.10. The first-order chi connectivity index (χ1) is 24.2. The largest absolute Gasteiger partial charge is 0.497 e. The van der Waals surface area contributed by atoms with Gasteiger partial charge in [0.2, 0.25) is 17.7 Å². The van der Waals surface area contributed by atoms with Crippen molar-refractivity contribution in [1.29, 1.82) is 0 Å². The Hall–Kier alpha value is -4.62. The van der Waals surface area contributed by atoms with Crippen molar-refractivity contribution >= 4 is 23.5 Å². The SMILES string of the molecule is COc1ccc(C[C@H](NC(=O)[C@H](COCc2ccccc2)NC(=O)CN2CCOCC2)C(=O)N[C@@H](Cc2ccccc2)C(=O)[C@@]2(C)CO2)cc1. The molecular weight excluding hydrogens is 640 g/mol. The number of carbonyl (C=O) groups is 4. The van der Waals surface area contributed by atoms with Crippen LogP contribution in [0.4, 0.5) is 0 Å². The predicted molar refractivity (Wildman–Crippen MR) is 185 cm³/mol. The lowest BCUT2D eigenvalue weighted by atomic mass is 9.94. The Labute approximate surface area is 292 Å². The molecule has 0 spiro atoms. The highest BCUT2D eigenvalue weighted by molar-refractivity contribution is 5.98. The van der Waals surface area contributed by atoms with Crippen LogP contribution in [-0.2, 0) is 52.8 Å². The number of ether oxygens (including phenoxy) is 4. The molecular formula is C38H46N4O8. The number of carbonyl (C=O) groups excluding carboxylic acids is 4. The Morgan fingerprint density at radius 1 is 0.760 bits per heavy atom. The van der Waals surface area contributed by atoms with Crippen molar-refractivity contribution in [2.75, 3.05) is 53.2 Å². The van der Waals surface area contributed by atoms with E-state index in [1.165, 1.54) is 0 Å². The van der Waals surface area contributed by atoms with Gasteiger partial charge in [-0.05, 0) is 42.2 Å². The van der Waals surface area contributed by atoms with E-state index in [2.05, 4.69) is 16.0 Å². The van der Waals surface area contributed by atoms with Gasteiger partial charge in [0.1, 0.15) is 23.4 Å². The summed E-state index contributed by atoms with van der Waals surface area (Å²) >= 11 is 0. The second kappa shape index (κ2) is 17.9. The maximum Gasteiger partial charge on any atom is 0.245 e. The third-order valence-electron chi connectivity index (χ3n) is 8.76. The van der Waals surface area contributed by atoms with Gasteiger partial charge in [-0.1, -0.05) is 72.8 Å². The van der Waals surface area contributed by atoms with Gasteiger partial charge in [0.25, 0.3) is 0 Å². The lowest BCUT2D eigenvalue weighted by Crippen LogP contribution is -2.59. The minimum absolute atomic E-state index is 0.0890. The van der Waals surface area contributed by atoms with E-state index in [1.807, 2.05) is 77.7 Å². The average molecular weight is 687 g/mol. The molecule has 2 aliphatic heterocycles. The van der Waals surface area contributed by atoms with Gasteiger partial charge < -0.3 is 34.9 Å². The molecule has 0 saturated carbocycles. The number of epoxide rings is 1. The molecule has 50 heavy (non-hydrogen) atoms. The average Bonchev–Trinajstić information content (AvgIpc) is 3.90. The Kier molecular flexibility index (Phi) is 13.1. The third-order valence-corrected chi connectivity index (χ3v) is 8.76. The van der Waals surface area contributed by atoms with Gasteiger partial charge in [0.15, 0.2) is 5.78 Å². The van der Waals surface area contributed by atoms with E-state index < -0.39 is 35.5 Å². The quantitative estimate of drug-likeness (QED) is 0.171. The molecule has 3 amide bonds. The van der Waals surface area contributed by atoms with Gasteiger partial charge >= 0.3 is 0 Å². The molecule has 2 saturated heterocycles. The monoisotopic (exact) mass is 686 g/mol. The molecule has 4 atom stereocenters. The Balaban J connectivity index is 1.34. The summed E-state index contributed by atoms with van der Waals surface area (Å²) in [4.78, 5) is 56.7. The zero-order valence-corrected chi connectivity index (χ0v) is 28.6. The number of morpholine rings is 1. The Morgan fingerprint density at radius 3 is 1.94 bits per heavy atom. The van der Waals surface area contributed by atoms with Crippen LogP contribution in [0.3, 0.4) is 0 Å². The predicted octanol–water partition coefficient (Wildman–Crippen LogP) is 1.84. The summed E-state index contributed by atoms with van der Waals surface area (Å²) in [5.41, 5.74) is 1.55. The van der Waals surface area contributed by atoms with Crippen molar-refractivity contribution in [1.82, 2.24) is 20.9 Å². The second-order valence-corrected chi connectivity index (χ2v) is 12.8. The van der Waals surface area contributed by atoms with Gasteiger partial charge in [0, 0.05) is 19.5 Å². The summed E-state index contributed by atoms with van der Waals surface area (Å²) in [5.74, 6) is -1.09. The first kappa shape index (κ1) is 36.7. The highest BCUT2D eigenvalue weighted by Gasteiger charge is 2.50. The summed E-state index contributed by atoms with van der Waals surface area (Å²) in [6.07, 6.45) is 0.363. The molecule has 3 N–H and O–H groups in total. The van der Waals surface area contributed by atoms with Crippen LogP contribution in [0.5, 0.6) is 5.75 Å². The van der Waals surface area contributed by atoms with Crippen LogP contribution < -0.4 is 20.7 Å². The summed E-state index contributed by atoms with van der Waals surface area (Å²) in [6, 6.07) is 22.9. The lowest BCUT2D eigenvalue weighted by Gasteiger charge is -2.28. The molecule has 12 heteroatoms. The zero-order valence-electron chi connectivity index (χ0n) is 28.6. The summed E-state index contributed by atoms with van der Waals surface area (Å²) < 4.78 is 22.0. The van der Waals surface area contributed by atoms with Gasteiger partial charge in [-0.3, -0.25) is 24.1 Å². The number of methoxy groups -OCH3 is 1. The molecule has 2 aliphatic rings. The number of amides is 3. The van der Waals surface area contributed by atoms with Crippen molar-refractivity contribution in [3.8, 4) is 5.75 Å². The minimum Gasteiger partial charge on any atom is -0.497 e. The number of ketones is 1. The molecule has 3 aromatic carbocycles. The van der Waals surface area contributed by atoms with E-state index in [0.717, 1.165) is 16.7 Å². The molecule has 5 rings (SSSR count). The first-order valence-electron chi connectivity index (χ1n) is 16.9. The molecule has 266 valence electrons. The van der Waals surface area contributed by atoms with Crippen LogP contribution in [0.1, 0.15) is 23.6 Å². The van der Waals surface area contributed by atoms with Crippen LogP contribution in [0, 0.1) is 0 Å². The van der Waals surface area contributed by atoms with Crippen LogP contribution in [0.15, 0.2) is 84.9 Å².